The molecule has 1 aromatic carbocycles. The molecule has 13 heavy (non-hydrogen) atoms. The summed E-state index contributed by atoms with van der Waals surface area (Å²) in [4.78, 5) is 2.26. The fourth-order valence-corrected chi connectivity index (χ4v) is 1.53. The van der Waals surface area contributed by atoms with Gasteiger partial charge in [0.25, 0.3) is 0 Å². The molecular formula is C11H18N2. The zero-order valence-electron chi connectivity index (χ0n) is 8.67. The molecule has 0 aromatic heterocycles. The van der Waals surface area contributed by atoms with Crippen molar-refractivity contribution in [3.05, 3.63) is 23.8 Å². The van der Waals surface area contributed by atoms with Crippen LogP contribution in [0.1, 0.15) is 19.4 Å². The summed E-state index contributed by atoms with van der Waals surface area (Å²) in [6.45, 7) is 8.35. The Balaban J connectivity index is 2.99. The quantitative estimate of drug-likeness (QED) is 0.720. The van der Waals surface area contributed by atoms with E-state index in [1.807, 2.05) is 6.07 Å². The van der Waals surface area contributed by atoms with E-state index in [0.717, 1.165) is 24.5 Å². The van der Waals surface area contributed by atoms with Crippen molar-refractivity contribution in [3.8, 4) is 0 Å². The van der Waals surface area contributed by atoms with Gasteiger partial charge in [0.2, 0.25) is 0 Å². The van der Waals surface area contributed by atoms with E-state index in [1.54, 1.807) is 0 Å². The van der Waals surface area contributed by atoms with E-state index in [4.69, 9.17) is 5.73 Å². The molecule has 0 unspecified atom stereocenters. The van der Waals surface area contributed by atoms with Gasteiger partial charge in [-0.25, -0.2) is 0 Å². The summed E-state index contributed by atoms with van der Waals surface area (Å²) in [5.41, 5.74) is 9.18. The second-order valence-electron chi connectivity index (χ2n) is 3.23. The lowest BCUT2D eigenvalue weighted by Crippen LogP contribution is -2.22. The maximum atomic E-state index is 5.93. The van der Waals surface area contributed by atoms with Crippen LogP contribution in [0.25, 0.3) is 0 Å². The molecular weight excluding hydrogens is 160 g/mol. The van der Waals surface area contributed by atoms with E-state index in [2.05, 4.69) is 37.8 Å². The van der Waals surface area contributed by atoms with Crippen molar-refractivity contribution in [1.82, 2.24) is 0 Å². The van der Waals surface area contributed by atoms with Gasteiger partial charge < -0.3 is 10.6 Å². The fraction of sp³-hybridized carbons (Fsp3) is 0.455. The Kier molecular flexibility index (Phi) is 3.18. The van der Waals surface area contributed by atoms with Crippen LogP contribution in [0.15, 0.2) is 18.2 Å². The first-order chi connectivity index (χ1) is 6.19. The fourth-order valence-electron chi connectivity index (χ4n) is 1.53. The van der Waals surface area contributed by atoms with Gasteiger partial charge in [-0.3, -0.25) is 0 Å². The summed E-state index contributed by atoms with van der Waals surface area (Å²) in [6, 6.07) is 6.22. The van der Waals surface area contributed by atoms with Gasteiger partial charge in [0.05, 0.1) is 11.4 Å². The number of rotatable bonds is 3. The predicted octanol–water partition coefficient (Wildman–Crippen LogP) is 2.42. The second-order valence-corrected chi connectivity index (χ2v) is 3.23. The zero-order valence-corrected chi connectivity index (χ0v) is 8.67. The third-order valence-electron chi connectivity index (χ3n) is 2.29. The lowest BCUT2D eigenvalue weighted by Gasteiger charge is -2.22. The first-order valence-electron chi connectivity index (χ1n) is 4.80. The second kappa shape index (κ2) is 4.17. The van der Waals surface area contributed by atoms with Gasteiger partial charge in [-0.2, -0.15) is 0 Å². The molecule has 2 N–H and O–H groups in total. The van der Waals surface area contributed by atoms with Crippen LogP contribution in [0.2, 0.25) is 0 Å². The molecule has 0 atom stereocenters. The summed E-state index contributed by atoms with van der Waals surface area (Å²) >= 11 is 0. The van der Waals surface area contributed by atoms with E-state index in [-0.39, 0.29) is 0 Å². The maximum Gasteiger partial charge on any atom is 0.0599 e. The van der Waals surface area contributed by atoms with Crippen LogP contribution >= 0.6 is 0 Å². The highest BCUT2D eigenvalue weighted by atomic mass is 15.1. The number of benzene rings is 1. The molecule has 72 valence electrons. The van der Waals surface area contributed by atoms with Gasteiger partial charge in [0.1, 0.15) is 0 Å². The Morgan fingerprint density at radius 2 is 1.85 bits per heavy atom. The molecule has 0 aliphatic rings. The molecule has 0 aliphatic heterocycles. The Morgan fingerprint density at radius 3 is 2.31 bits per heavy atom. The summed E-state index contributed by atoms with van der Waals surface area (Å²) in [5, 5.41) is 0. The number of anilines is 2. The monoisotopic (exact) mass is 178 g/mol. The van der Waals surface area contributed by atoms with Crippen LogP contribution in [0.4, 0.5) is 11.4 Å². The van der Waals surface area contributed by atoms with E-state index >= 15 is 0 Å². The first kappa shape index (κ1) is 9.90. The average molecular weight is 178 g/mol. The van der Waals surface area contributed by atoms with Crippen molar-refractivity contribution < 1.29 is 0 Å². The molecule has 1 rings (SSSR count). The summed E-state index contributed by atoms with van der Waals surface area (Å²) < 4.78 is 0. The van der Waals surface area contributed by atoms with Crippen molar-refractivity contribution >= 4 is 11.4 Å². The molecule has 0 amide bonds. The van der Waals surface area contributed by atoms with Crippen molar-refractivity contribution in [3.63, 3.8) is 0 Å². The topological polar surface area (TPSA) is 29.3 Å². The predicted molar refractivity (Wildman–Crippen MR) is 59.2 cm³/mol. The number of aryl methyl sites for hydroxylation is 1. The van der Waals surface area contributed by atoms with Gasteiger partial charge in [0, 0.05) is 13.1 Å². The van der Waals surface area contributed by atoms with Crippen molar-refractivity contribution in [2.45, 2.75) is 20.8 Å². The number of hydrogen-bond acceptors (Lipinski definition) is 2. The number of hydrogen-bond donors (Lipinski definition) is 1. The Morgan fingerprint density at radius 1 is 1.23 bits per heavy atom. The van der Waals surface area contributed by atoms with E-state index in [9.17, 15) is 0 Å². The number of nitrogens with two attached hydrogens (primary N) is 1. The Hall–Kier alpha value is -1.18. The van der Waals surface area contributed by atoms with Crippen LogP contribution in [0.5, 0.6) is 0 Å². The molecule has 0 aliphatic carbocycles. The lowest BCUT2D eigenvalue weighted by molar-refractivity contribution is 0.867. The van der Waals surface area contributed by atoms with Crippen LogP contribution in [-0.2, 0) is 0 Å². The molecule has 0 spiro atoms. The molecule has 0 fully saturated rings. The minimum absolute atomic E-state index is 0.878. The van der Waals surface area contributed by atoms with Crippen LogP contribution in [-0.4, -0.2) is 13.1 Å². The normalized spacial score (nSPS) is 10.1. The number of nitrogens with zero attached hydrogens (tertiary/aromatic N) is 1. The molecule has 2 nitrogen and oxygen atoms in total. The smallest absolute Gasteiger partial charge is 0.0599 e. The molecule has 0 bridgehead atoms. The minimum Gasteiger partial charge on any atom is -0.397 e. The van der Waals surface area contributed by atoms with Crippen molar-refractivity contribution in [1.29, 1.82) is 0 Å². The maximum absolute atomic E-state index is 5.93. The Bertz CT molecular complexity index is 277. The molecule has 0 heterocycles. The van der Waals surface area contributed by atoms with Crippen molar-refractivity contribution in [2.75, 3.05) is 23.7 Å². The van der Waals surface area contributed by atoms with Crippen LogP contribution in [0, 0.1) is 6.92 Å². The first-order valence-corrected chi connectivity index (χ1v) is 4.80. The lowest BCUT2D eigenvalue weighted by atomic mass is 10.2. The van der Waals surface area contributed by atoms with Gasteiger partial charge in [-0.15, -0.1) is 0 Å². The molecule has 0 saturated heterocycles. The van der Waals surface area contributed by atoms with E-state index < -0.39 is 0 Å². The van der Waals surface area contributed by atoms with Crippen molar-refractivity contribution in [2.24, 2.45) is 0 Å². The van der Waals surface area contributed by atoms with E-state index in [1.165, 1.54) is 5.56 Å². The summed E-state index contributed by atoms with van der Waals surface area (Å²) in [6.07, 6.45) is 0. The number of nitrogen functional groups attached to an aromatic ring is 1. The SMILES string of the molecule is CCN(CC)c1ccc(C)cc1N. The minimum atomic E-state index is 0.878. The molecule has 0 radical (unpaired) electrons. The summed E-state index contributed by atoms with van der Waals surface area (Å²) in [7, 11) is 0. The molecule has 1 aromatic rings. The standard InChI is InChI=1S/C11H18N2/c1-4-13(5-2)11-7-6-9(3)8-10(11)12/h6-8H,4-5,12H2,1-3H3. The highest BCUT2D eigenvalue weighted by Crippen LogP contribution is 2.23. The average Bonchev–Trinajstić information content (AvgIpc) is 2.10. The largest absolute Gasteiger partial charge is 0.397 e. The zero-order chi connectivity index (χ0) is 9.84. The third-order valence-corrected chi connectivity index (χ3v) is 2.29. The highest BCUT2D eigenvalue weighted by Gasteiger charge is 2.04. The van der Waals surface area contributed by atoms with Gasteiger partial charge in [-0.1, -0.05) is 6.07 Å². The summed E-state index contributed by atoms with van der Waals surface area (Å²) in [5.74, 6) is 0. The van der Waals surface area contributed by atoms with Crippen LogP contribution in [0.3, 0.4) is 0 Å². The highest BCUT2D eigenvalue weighted by molar-refractivity contribution is 5.68. The van der Waals surface area contributed by atoms with Crippen LogP contribution < -0.4 is 10.6 Å². The van der Waals surface area contributed by atoms with Gasteiger partial charge in [-0.05, 0) is 38.5 Å². The molecule has 2 heteroatoms. The van der Waals surface area contributed by atoms with Gasteiger partial charge in [0.15, 0.2) is 0 Å². The van der Waals surface area contributed by atoms with Gasteiger partial charge >= 0.3 is 0 Å². The van der Waals surface area contributed by atoms with E-state index in [0.29, 0.717) is 0 Å². The molecule has 0 saturated carbocycles. The third kappa shape index (κ3) is 2.14. The Labute approximate surface area is 80.4 Å².